The third kappa shape index (κ3) is 9.15. The summed E-state index contributed by atoms with van der Waals surface area (Å²) >= 11 is 12.6. The van der Waals surface area contributed by atoms with Crippen molar-refractivity contribution in [3.63, 3.8) is 0 Å². The molecule has 0 aromatic carbocycles. The summed E-state index contributed by atoms with van der Waals surface area (Å²) in [5.74, 6) is 0. The largest absolute Gasteiger partial charge is 0.343 e. The summed E-state index contributed by atoms with van der Waals surface area (Å²) in [6, 6.07) is 0. The van der Waals surface area contributed by atoms with Gasteiger partial charge >= 0.3 is 0 Å². The average Bonchev–Trinajstić information content (AvgIpc) is 2.38. The minimum Gasteiger partial charge on any atom is -0.343 e. The first-order valence-electron chi connectivity index (χ1n) is 8.19. The number of hydrogen-bond donors (Lipinski definition) is 0. The number of alkyl halides is 2. The maximum atomic E-state index is 6.28. The molecule has 0 N–H and O–H groups in total. The van der Waals surface area contributed by atoms with Crippen LogP contribution in [0.3, 0.4) is 0 Å². The minimum atomic E-state index is -0.953. The Labute approximate surface area is 129 Å². The predicted molar refractivity (Wildman–Crippen MR) is 85.0 cm³/mol. The second-order valence-electron chi connectivity index (χ2n) is 5.89. The van der Waals surface area contributed by atoms with Gasteiger partial charge in [-0.1, -0.05) is 87.9 Å². The van der Waals surface area contributed by atoms with Crippen LogP contribution in [0.25, 0.3) is 0 Å². The molecule has 1 aliphatic carbocycles. The van der Waals surface area contributed by atoms with Gasteiger partial charge in [0.05, 0.1) is 6.10 Å². The van der Waals surface area contributed by atoms with E-state index in [0.29, 0.717) is 0 Å². The summed E-state index contributed by atoms with van der Waals surface area (Å²) in [6.45, 7) is 2.25. The third-order valence-electron chi connectivity index (χ3n) is 3.96. The molecule has 0 aromatic rings. The average molecular weight is 309 g/mol. The van der Waals surface area contributed by atoms with E-state index < -0.39 is 4.52 Å². The summed E-state index contributed by atoms with van der Waals surface area (Å²) in [7, 11) is 0. The molecule has 0 radical (unpaired) electrons. The lowest BCUT2D eigenvalue weighted by Gasteiger charge is -2.29. The smallest absolute Gasteiger partial charge is 0.217 e. The normalized spacial score (nSPS) is 17.8. The van der Waals surface area contributed by atoms with E-state index in [1.807, 2.05) is 0 Å². The Balaban J connectivity index is 2.02. The molecule has 0 aliphatic heterocycles. The molecule has 0 saturated heterocycles. The van der Waals surface area contributed by atoms with Gasteiger partial charge in [0.2, 0.25) is 4.52 Å². The van der Waals surface area contributed by atoms with Crippen molar-refractivity contribution in [3.8, 4) is 0 Å². The summed E-state index contributed by atoms with van der Waals surface area (Å²) in [5, 5.41) is 0. The molecule has 1 nitrogen and oxygen atoms in total. The fourth-order valence-corrected chi connectivity index (χ4v) is 3.29. The molecule has 0 unspecified atom stereocenters. The fourth-order valence-electron chi connectivity index (χ4n) is 2.77. The maximum Gasteiger partial charge on any atom is 0.217 e. The second-order valence-corrected chi connectivity index (χ2v) is 7.30. The molecular formula is C16H30Cl2O. The number of hydrogen-bond acceptors (Lipinski definition) is 1. The monoisotopic (exact) mass is 308 g/mol. The van der Waals surface area contributed by atoms with Gasteiger partial charge in [-0.15, -0.1) is 0 Å². The van der Waals surface area contributed by atoms with E-state index in [-0.39, 0.29) is 6.10 Å². The van der Waals surface area contributed by atoms with Crippen LogP contribution in [0, 0.1) is 0 Å². The molecule has 0 bridgehead atoms. The highest BCUT2D eigenvalue weighted by Crippen LogP contribution is 2.34. The third-order valence-corrected chi connectivity index (χ3v) is 4.52. The molecule has 19 heavy (non-hydrogen) atoms. The fraction of sp³-hybridized carbons (Fsp3) is 1.00. The molecule has 0 spiro atoms. The lowest BCUT2D eigenvalue weighted by molar-refractivity contribution is -0.0173. The Hall–Kier alpha value is 0.540. The molecule has 3 heteroatoms. The van der Waals surface area contributed by atoms with Crippen LogP contribution >= 0.6 is 23.2 Å². The van der Waals surface area contributed by atoms with Crippen LogP contribution in [0.2, 0.25) is 0 Å². The first kappa shape index (κ1) is 17.6. The zero-order chi connectivity index (χ0) is 14.0. The van der Waals surface area contributed by atoms with Crippen molar-refractivity contribution < 1.29 is 4.74 Å². The van der Waals surface area contributed by atoms with Crippen molar-refractivity contribution in [1.82, 2.24) is 0 Å². The first-order chi connectivity index (χ1) is 9.14. The van der Waals surface area contributed by atoms with Gasteiger partial charge in [0.25, 0.3) is 0 Å². The van der Waals surface area contributed by atoms with Crippen molar-refractivity contribution in [2.45, 2.75) is 101 Å². The van der Waals surface area contributed by atoms with Crippen molar-refractivity contribution >= 4 is 23.2 Å². The van der Waals surface area contributed by atoms with Gasteiger partial charge in [0, 0.05) is 6.42 Å². The maximum absolute atomic E-state index is 6.28. The standard InChI is InChI=1S/C16H30Cl2O/c1-2-3-4-5-6-7-11-14-16(17,18)19-15-12-9-8-10-13-15/h15H,2-14H2,1H3. The number of halogens is 2. The Morgan fingerprint density at radius 2 is 1.47 bits per heavy atom. The quantitative estimate of drug-likeness (QED) is 0.326. The van der Waals surface area contributed by atoms with Crippen LogP contribution in [0.4, 0.5) is 0 Å². The Morgan fingerprint density at radius 1 is 0.895 bits per heavy atom. The zero-order valence-electron chi connectivity index (χ0n) is 12.4. The predicted octanol–water partition coefficient (Wildman–Crippen LogP) is 6.61. The summed E-state index contributed by atoms with van der Waals surface area (Å²) in [5.41, 5.74) is 0. The van der Waals surface area contributed by atoms with Crippen molar-refractivity contribution in [2.75, 3.05) is 0 Å². The Morgan fingerprint density at radius 3 is 2.11 bits per heavy atom. The topological polar surface area (TPSA) is 9.23 Å². The van der Waals surface area contributed by atoms with Gasteiger partial charge in [0.15, 0.2) is 0 Å². The van der Waals surface area contributed by atoms with Crippen LogP contribution in [0.1, 0.15) is 90.4 Å². The molecule has 0 heterocycles. The highest BCUT2D eigenvalue weighted by molar-refractivity contribution is 6.47. The molecule has 0 aromatic heterocycles. The molecule has 1 rings (SSSR count). The minimum absolute atomic E-state index is 0.285. The molecule has 0 atom stereocenters. The highest BCUT2D eigenvalue weighted by atomic mass is 35.5. The SMILES string of the molecule is CCCCCCCCCC(Cl)(Cl)OC1CCCCC1. The van der Waals surface area contributed by atoms with E-state index >= 15 is 0 Å². The van der Waals surface area contributed by atoms with Crippen LogP contribution in [0.15, 0.2) is 0 Å². The highest BCUT2D eigenvalue weighted by Gasteiger charge is 2.29. The zero-order valence-corrected chi connectivity index (χ0v) is 13.9. The summed E-state index contributed by atoms with van der Waals surface area (Å²) < 4.78 is 4.90. The van der Waals surface area contributed by atoms with Crippen molar-refractivity contribution in [1.29, 1.82) is 0 Å². The molecule has 1 fully saturated rings. The molecule has 114 valence electrons. The van der Waals surface area contributed by atoms with E-state index in [4.69, 9.17) is 27.9 Å². The van der Waals surface area contributed by atoms with Crippen LogP contribution < -0.4 is 0 Å². The van der Waals surface area contributed by atoms with Crippen LogP contribution in [-0.4, -0.2) is 10.6 Å². The van der Waals surface area contributed by atoms with Gasteiger partial charge in [-0.25, -0.2) is 0 Å². The number of unbranched alkanes of at least 4 members (excludes halogenated alkanes) is 6. The van der Waals surface area contributed by atoms with Gasteiger partial charge < -0.3 is 4.74 Å². The Kier molecular flexibility index (Phi) is 9.53. The van der Waals surface area contributed by atoms with Crippen LogP contribution in [0.5, 0.6) is 0 Å². The summed E-state index contributed by atoms with van der Waals surface area (Å²) in [4.78, 5) is 0. The van der Waals surface area contributed by atoms with Gasteiger partial charge in [0.1, 0.15) is 0 Å². The number of ether oxygens (including phenoxy) is 1. The molecule has 1 saturated carbocycles. The van der Waals surface area contributed by atoms with Gasteiger partial charge in [-0.2, -0.15) is 0 Å². The van der Waals surface area contributed by atoms with E-state index in [0.717, 1.165) is 25.7 Å². The van der Waals surface area contributed by atoms with Gasteiger partial charge in [-0.05, 0) is 19.3 Å². The summed E-state index contributed by atoms with van der Waals surface area (Å²) in [6.07, 6.45) is 16.1. The second kappa shape index (κ2) is 10.3. The van der Waals surface area contributed by atoms with E-state index in [9.17, 15) is 0 Å². The van der Waals surface area contributed by atoms with Crippen molar-refractivity contribution in [3.05, 3.63) is 0 Å². The van der Waals surface area contributed by atoms with Crippen LogP contribution in [-0.2, 0) is 4.74 Å². The van der Waals surface area contributed by atoms with E-state index in [1.54, 1.807) is 0 Å². The first-order valence-corrected chi connectivity index (χ1v) is 8.95. The molecule has 1 aliphatic rings. The molecular weight excluding hydrogens is 279 g/mol. The van der Waals surface area contributed by atoms with E-state index in [2.05, 4.69) is 6.92 Å². The Bertz CT molecular complexity index is 213. The van der Waals surface area contributed by atoms with E-state index in [1.165, 1.54) is 57.8 Å². The molecule has 0 amide bonds. The number of rotatable bonds is 10. The lowest BCUT2D eigenvalue weighted by atomic mass is 9.98. The van der Waals surface area contributed by atoms with Crippen molar-refractivity contribution in [2.24, 2.45) is 0 Å². The van der Waals surface area contributed by atoms with Gasteiger partial charge in [-0.3, -0.25) is 0 Å². The lowest BCUT2D eigenvalue weighted by Crippen LogP contribution is -2.27.